The molecule has 0 unspecified atom stereocenters. The van der Waals surface area contributed by atoms with Gasteiger partial charge in [-0.15, -0.1) is 11.6 Å². The molecule has 0 spiro atoms. The van der Waals surface area contributed by atoms with Gasteiger partial charge in [0.05, 0.1) is 16.5 Å². The van der Waals surface area contributed by atoms with Gasteiger partial charge in [0.15, 0.2) is 5.78 Å². The van der Waals surface area contributed by atoms with Gasteiger partial charge in [-0.2, -0.15) is 13.2 Å². The third kappa shape index (κ3) is 3.01. The fourth-order valence-corrected chi connectivity index (χ4v) is 2.75. The summed E-state index contributed by atoms with van der Waals surface area (Å²) in [5, 5.41) is -0.365. The molecule has 1 heterocycles. The minimum absolute atomic E-state index is 0.182. The number of Topliss-reactive ketones (excluding diaryl/α,β-unsaturated/α-hetero) is 1. The van der Waals surface area contributed by atoms with Crippen LogP contribution < -0.4 is 0 Å². The van der Waals surface area contributed by atoms with Crippen LogP contribution in [0.2, 0.25) is 5.02 Å². The fourth-order valence-electron chi connectivity index (χ4n) is 2.38. The number of ketones is 1. The maximum absolute atomic E-state index is 13.0. The number of halogens is 5. The minimum Gasteiger partial charge on any atom is -0.318 e. The average molecular weight is 350 g/mol. The van der Waals surface area contributed by atoms with E-state index in [1.165, 1.54) is 12.1 Å². The summed E-state index contributed by atoms with van der Waals surface area (Å²) in [5.74, 6) is -0.454. The van der Waals surface area contributed by atoms with E-state index in [0.717, 1.165) is 6.07 Å². The summed E-state index contributed by atoms with van der Waals surface area (Å²) in [6, 6.07) is 5.26. The van der Waals surface area contributed by atoms with Crippen LogP contribution in [0.25, 0.3) is 5.69 Å². The molecule has 118 valence electrons. The molecule has 0 saturated heterocycles. The summed E-state index contributed by atoms with van der Waals surface area (Å²) in [7, 11) is 0. The zero-order valence-corrected chi connectivity index (χ0v) is 13.3. The van der Waals surface area contributed by atoms with Crippen LogP contribution in [0.1, 0.15) is 27.3 Å². The molecule has 2 rings (SSSR count). The van der Waals surface area contributed by atoms with E-state index >= 15 is 0 Å². The van der Waals surface area contributed by atoms with Crippen molar-refractivity contribution in [1.82, 2.24) is 4.57 Å². The van der Waals surface area contributed by atoms with Crippen molar-refractivity contribution in [3.05, 3.63) is 51.8 Å². The van der Waals surface area contributed by atoms with E-state index in [1.54, 1.807) is 24.5 Å². The molecule has 0 bridgehead atoms. The Labute approximate surface area is 135 Å². The molecule has 0 aliphatic heterocycles. The van der Waals surface area contributed by atoms with Gasteiger partial charge >= 0.3 is 6.18 Å². The third-order valence-electron chi connectivity index (χ3n) is 3.37. The summed E-state index contributed by atoms with van der Waals surface area (Å²) in [6.07, 6.45) is -4.54. The third-order valence-corrected chi connectivity index (χ3v) is 3.94. The summed E-state index contributed by atoms with van der Waals surface area (Å²) in [5.41, 5.74) is 0.959. The Hall–Kier alpha value is -1.46. The number of benzene rings is 1. The Morgan fingerprint density at radius 1 is 1.23 bits per heavy atom. The summed E-state index contributed by atoms with van der Waals surface area (Å²) < 4.78 is 40.5. The number of rotatable bonds is 3. The molecule has 0 aliphatic carbocycles. The van der Waals surface area contributed by atoms with Gasteiger partial charge in [0.1, 0.15) is 0 Å². The minimum atomic E-state index is -4.54. The molecule has 1 aromatic heterocycles. The van der Waals surface area contributed by atoms with E-state index in [2.05, 4.69) is 0 Å². The predicted octanol–water partition coefficient (Wildman–Crippen LogP) is 5.19. The Morgan fingerprint density at radius 3 is 2.41 bits per heavy atom. The SMILES string of the molecule is Cc1cc(C(=O)CCl)c(C)n1-c1ccc(Cl)c(C(F)(F)F)c1. The van der Waals surface area contributed by atoms with Gasteiger partial charge in [0, 0.05) is 22.6 Å². The molecular formula is C15H12Cl2F3NO. The molecule has 2 aromatic rings. The number of hydrogen-bond acceptors (Lipinski definition) is 1. The number of alkyl halides is 4. The van der Waals surface area contributed by atoms with Crippen molar-refractivity contribution in [2.24, 2.45) is 0 Å². The maximum atomic E-state index is 13.0. The molecule has 0 atom stereocenters. The van der Waals surface area contributed by atoms with Crippen LogP contribution in [0.4, 0.5) is 13.2 Å². The molecule has 22 heavy (non-hydrogen) atoms. The highest BCUT2D eigenvalue weighted by atomic mass is 35.5. The van der Waals surface area contributed by atoms with Gasteiger partial charge in [-0.25, -0.2) is 0 Å². The van der Waals surface area contributed by atoms with Crippen molar-refractivity contribution in [3.63, 3.8) is 0 Å². The topological polar surface area (TPSA) is 22.0 Å². The lowest BCUT2D eigenvalue weighted by molar-refractivity contribution is -0.137. The zero-order valence-electron chi connectivity index (χ0n) is 11.8. The smallest absolute Gasteiger partial charge is 0.318 e. The van der Waals surface area contributed by atoms with Gasteiger partial charge < -0.3 is 4.57 Å². The number of nitrogens with zero attached hydrogens (tertiary/aromatic N) is 1. The predicted molar refractivity (Wildman–Crippen MR) is 80.3 cm³/mol. The lowest BCUT2D eigenvalue weighted by atomic mass is 10.1. The monoisotopic (exact) mass is 349 g/mol. The zero-order chi connectivity index (χ0) is 16.7. The first-order valence-corrected chi connectivity index (χ1v) is 7.23. The highest BCUT2D eigenvalue weighted by Crippen LogP contribution is 2.36. The number of hydrogen-bond donors (Lipinski definition) is 0. The van der Waals surface area contributed by atoms with Crippen LogP contribution in [0.5, 0.6) is 0 Å². The van der Waals surface area contributed by atoms with Crippen LogP contribution >= 0.6 is 23.2 Å². The van der Waals surface area contributed by atoms with Crippen LogP contribution in [-0.4, -0.2) is 16.2 Å². The van der Waals surface area contributed by atoms with Crippen LogP contribution in [0.3, 0.4) is 0 Å². The molecular weight excluding hydrogens is 338 g/mol. The molecule has 0 aliphatic rings. The van der Waals surface area contributed by atoms with E-state index in [1.807, 2.05) is 0 Å². The van der Waals surface area contributed by atoms with Crippen molar-refractivity contribution in [3.8, 4) is 5.69 Å². The summed E-state index contributed by atoms with van der Waals surface area (Å²) in [6.45, 7) is 3.37. The van der Waals surface area contributed by atoms with Gasteiger partial charge in [-0.3, -0.25) is 4.79 Å². The standard InChI is InChI=1S/C15H12Cl2F3NO/c1-8-5-11(14(22)7-16)9(2)21(8)10-3-4-13(17)12(6-10)15(18,19)20/h3-6H,7H2,1-2H3. The average Bonchev–Trinajstić information content (AvgIpc) is 2.73. The van der Waals surface area contributed by atoms with Gasteiger partial charge in [-0.1, -0.05) is 11.6 Å². The first kappa shape index (κ1) is 16.9. The van der Waals surface area contributed by atoms with Crippen molar-refractivity contribution >= 4 is 29.0 Å². The second-order valence-electron chi connectivity index (χ2n) is 4.84. The second kappa shape index (κ2) is 5.97. The van der Waals surface area contributed by atoms with E-state index in [0.29, 0.717) is 22.6 Å². The first-order valence-electron chi connectivity index (χ1n) is 6.32. The first-order chi connectivity index (χ1) is 10.2. The van der Waals surface area contributed by atoms with Crippen LogP contribution in [0, 0.1) is 13.8 Å². The van der Waals surface area contributed by atoms with E-state index < -0.39 is 11.7 Å². The molecule has 0 saturated carbocycles. The van der Waals surface area contributed by atoms with Gasteiger partial charge in [-0.05, 0) is 38.1 Å². The summed E-state index contributed by atoms with van der Waals surface area (Å²) >= 11 is 11.2. The number of aromatic nitrogens is 1. The highest BCUT2D eigenvalue weighted by molar-refractivity contribution is 6.31. The number of aryl methyl sites for hydroxylation is 1. The lowest BCUT2D eigenvalue weighted by Crippen LogP contribution is -2.09. The van der Waals surface area contributed by atoms with Crippen molar-refractivity contribution in [1.29, 1.82) is 0 Å². The molecule has 2 nitrogen and oxygen atoms in total. The Kier molecular flexibility index (Phi) is 4.59. The van der Waals surface area contributed by atoms with E-state index in [-0.39, 0.29) is 16.7 Å². The molecule has 1 aromatic carbocycles. The molecule has 0 fully saturated rings. The second-order valence-corrected chi connectivity index (χ2v) is 5.51. The Morgan fingerprint density at radius 2 is 1.86 bits per heavy atom. The molecule has 7 heteroatoms. The Bertz CT molecular complexity index is 735. The number of carbonyl (C=O) groups is 1. The van der Waals surface area contributed by atoms with Crippen molar-refractivity contribution in [2.45, 2.75) is 20.0 Å². The number of carbonyl (C=O) groups excluding carboxylic acids is 1. The van der Waals surface area contributed by atoms with Gasteiger partial charge in [0.2, 0.25) is 0 Å². The molecule has 0 radical (unpaired) electrons. The fraction of sp³-hybridized carbons (Fsp3) is 0.267. The van der Waals surface area contributed by atoms with Crippen molar-refractivity contribution in [2.75, 3.05) is 5.88 Å². The van der Waals surface area contributed by atoms with E-state index in [9.17, 15) is 18.0 Å². The maximum Gasteiger partial charge on any atom is 0.417 e. The quantitative estimate of drug-likeness (QED) is 0.552. The summed E-state index contributed by atoms with van der Waals surface area (Å²) in [4.78, 5) is 11.8. The van der Waals surface area contributed by atoms with E-state index in [4.69, 9.17) is 23.2 Å². The largest absolute Gasteiger partial charge is 0.417 e. The van der Waals surface area contributed by atoms with Crippen molar-refractivity contribution < 1.29 is 18.0 Å². The van der Waals surface area contributed by atoms with Crippen LogP contribution in [-0.2, 0) is 6.18 Å². The molecule has 0 N–H and O–H groups in total. The highest BCUT2D eigenvalue weighted by Gasteiger charge is 2.33. The Balaban J connectivity index is 2.63. The molecule has 0 amide bonds. The normalized spacial score (nSPS) is 11.8. The van der Waals surface area contributed by atoms with Gasteiger partial charge in [0.25, 0.3) is 0 Å². The van der Waals surface area contributed by atoms with Crippen LogP contribution in [0.15, 0.2) is 24.3 Å². The lowest BCUT2D eigenvalue weighted by Gasteiger charge is -2.14.